The number of aromatic nitrogens is 2. The van der Waals surface area contributed by atoms with E-state index in [9.17, 15) is 5.21 Å². The Morgan fingerprint density at radius 3 is 2.46 bits per heavy atom. The molecule has 120 valence electrons. The maximum Gasteiger partial charge on any atom is 0.161 e. The highest BCUT2D eigenvalue weighted by Gasteiger charge is 2.31. The van der Waals surface area contributed by atoms with Gasteiger partial charge in [0.15, 0.2) is 11.5 Å². The molecule has 0 unspecified atom stereocenters. The number of methoxy groups -OCH3 is 2. The molecule has 2 N–H and O–H groups in total. The summed E-state index contributed by atoms with van der Waals surface area (Å²) < 4.78 is 10.6. The van der Waals surface area contributed by atoms with E-state index in [0.717, 1.165) is 27.9 Å². The van der Waals surface area contributed by atoms with E-state index in [4.69, 9.17) is 9.47 Å². The molecule has 0 amide bonds. The molecule has 3 aromatic rings. The molecule has 1 aromatic heterocycles. The lowest BCUT2D eigenvalue weighted by atomic mass is 10.0. The average molecular weight is 321 g/mol. The van der Waals surface area contributed by atoms with Crippen molar-refractivity contribution in [2.75, 3.05) is 14.2 Å². The Morgan fingerprint density at radius 2 is 1.75 bits per heavy atom. The van der Waals surface area contributed by atoms with Gasteiger partial charge in [0.2, 0.25) is 0 Å². The quantitative estimate of drug-likeness (QED) is 0.448. The number of aromatic amines is 1. The van der Waals surface area contributed by atoms with Gasteiger partial charge >= 0.3 is 0 Å². The first-order valence-corrected chi connectivity index (χ1v) is 7.41. The second kappa shape index (κ2) is 5.42. The lowest BCUT2D eigenvalue weighted by Crippen LogP contribution is -2.00. The molecule has 6 nitrogen and oxygen atoms in total. The van der Waals surface area contributed by atoms with Crippen molar-refractivity contribution in [3.8, 4) is 34.0 Å². The van der Waals surface area contributed by atoms with Crippen molar-refractivity contribution in [3.63, 3.8) is 0 Å². The Kier molecular flexibility index (Phi) is 3.23. The molecule has 0 spiro atoms. The summed E-state index contributed by atoms with van der Waals surface area (Å²) in [4.78, 5) is 0. The number of nitrogens with one attached hydrogen (secondary N) is 1. The fraction of sp³-hybridized carbons (Fsp3) is 0.111. The largest absolute Gasteiger partial charge is 0.493 e. The second-order valence-electron chi connectivity index (χ2n) is 5.39. The molecule has 0 saturated carbocycles. The fourth-order valence-corrected chi connectivity index (χ4v) is 3.11. The minimum absolute atomic E-state index is 0.513. The summed E-state index contributed by atoms with van der Waals surface area (Å²) in [5.74, 6) is 1.26. The van der Waals surface area contributed by atoms with E-state index in [1.807, 2.05) is 42.5 Å². The molecule has 1 aliphatic rings. The van der Waals surface area contributed by atoms with Gasteiger partial charge in [-0.1, -0.05) is 29.4 Å². The van der Waals surface area contributed by atoms with Crippen LogP contribution in [-0.4, -0.2) is 35.3 Å². The smallest absolute Gasteiger partial charge is 0.161 e. The standard InChI is InChI=1S/C18H15N3O3/c1-23-13-8-7-10(9-14(13)24-2)16-15-17(20-19-16)11-5-3-4-6-12(11)18(15)21-22/h3-9,22H,1-2H3,(H,19,20). The first kappa shape index (κ1) is 14.3. The Morgan fingerprint density at radius 1 is 1.00 bits per heavy atom. The summed E-state index contributed by atoms with van der Waals surface area (Å²) in [6.07, 6.45) is 0. The van der Waals surface area contributed by atoms with Crippen LogP contribution in [0.3, 0.4) is 0 Å². The Bertz CT molecular complexity index is 960. The van der Waals surface area contributed by atoms with Gasteiger partial charge in [0.25, 0.3) is 0 Å². The number of hydrogen-bond acceptors (Lipinski definition) is 5. The minimum atomic E-state index is 0.513. The van der Waals surface area contributed by atoms with Gasteiger partial charge in [-0.15, -0.1) is 0 Å². The summed E-state index contributed by atoms with van der Waals surface area (Å²) in [6, 6.07) is 13.3. The van der Waals surface area contributed by atoms with Crippen molar-refractivity contribution in [1.82, 2.24) is 10.2 Å². The van der Waals surface area contributed by atoms with Crippen LogP contribution in [0, 0.1) is 0 Å². The Labute approximate surface area is 138 Å². The number of benzene rings is 2. The number of hydrogen-bond donors (Lipinski definition) is 2. The molecule has 0 fully saturated rings. The van der Waals surface area contributed by atoms with Gasteiger partial charge in [0.05, 0.1) is 25.5 Å². The van der Waals surface area contributed by atoms with Gasteiger partial charge < -0.3 is 14.7 Å². The van der Waals surface area contributed by atoms with Crippen LogP contribution in [0.2, 0.25) is 0 Å². The highest BCUT2D eigenvalue weighted by molar-refractivity contribution is 6.26. The zero-order valence-electron chi connectivity index (χ0n) is 13.2. The highest BCUT2D eigenvalue weighted by Crippen LogP contribution is 2.41. The van der Waals surface area contributed by atoms with Crippen LogP contribution in [0.4, 0.5) is 0 Å². The molecule has 6 heteroatoms. The number of rotatable bonds is 3. The molecule has 0 saturated heterocycles. The molecule has 2 aromatic carbocycles. The van der Waals surface area contributed by atoms with E-state index in [1.165, 1.54) is 0 Å². The van der Waals surface area contributed by atoms with Gasteiger partial charge in [-0.3, -0.25) is 5.10 Å². The number of oxime groups is 1. The zero-order valence-corrected chi connectivity index (χ0v) is 13.2. The van der Waals surface area contributed by atoms with Crippen molar-refractivity contribution >= 4 is 5.71 Å². The molecule has 0 atom stereocenters. The molecule has 0 bridgehead atoms. The van der Waals surface area contributed by atoms with Gasteiger partial charge in [-0.05, 0) is 18.2 Å². The molecule has 24 heavy (non-hydrogen) atoms. The van der Waals surface area contributed by atoms with Crippen LogP contribution >= 0.6 is 0 Å². The third-order valence-electron chi connectivity index (χ3n) is 4.21. The predicted molar refractivity (Wildman–Crippen MR) is 90.0 cm³/mol. The molecule has 0 aliphatic heterocycles. The lowest BCUT2D eigenvalue weighted by Gasteiger charge is -2.09. The molecule has 4 rings (SSSR count). The van der Waals surface area contributed by atoms with Gasteiger partial charge in [-0.25, -0.2) is 0 Å². The van der Waals surface area contributed by atoms with Crippen LogP contribution in [0.1, 0.15) is 11.1 Å². The van der Waals surface area contributed by atoms with Crippen LogP contribution in [0.15, 0.2) is 47.6 Å². The van der Waals surface area contributed by atoms with Crippen LogP contribution in [-0.2, 0) is 0 Å². The maximum atomic E-state index is 9.53. The van der Waals surface area contributed by atoms with Crippen molar-refractivity contribution in [3.05, 3.63) is 53.6 Å². The fourth-order valence-electron chi connectivity index (χ4n) is 3.11. The molecular weight excluding hydrogens is 306 g/mol. The van der Waals surface area contributed by atoms with Crippen molar-refractivity contribution in [2.45, 2.75) is 0 Å². The molecular formula is C18H15N3O3. The summed E-state index contributed by atoms with van der Waals surface area (Å²) in [6.45, 7) is 0. The number of H-pyrrole nitrogens is 1. The second-order valence-corrected chi connectivity index (χ2v) is 5.39. The van der Waals surface area contributed by atoms with Crippen molar-refractivity contribution in [1.29, 1.82) is 0 Å². The zero-order chi connectivity index (χ0) is 16.7. The number of nitrogens with zero attached hydrogens (tertiary/aromatic N) is 2. The Hall–Kier alpha value is -3.28. The maximum absolute atomic E-state index is 9.53. The average Bonchev–Trinajstić information content (AvgIpc) is 3.19. The van der Waals surface area contributed by atoms with E-state index in [0.29, 0.717) is 22.9 Å². The van der Waals surface area contributed by atoms with E-state index < -0.39 is 0 Å². The molecule has 1 aliphatic carbocycles. The number of fused-ring (bicyclic) bond motifs is 3. The first-order chi connectivity index (χ1) is 11.8. The molecule has 0 radical (unpaired) electrons. The van der Waals surface area contributed by atoms with Gasteiger partial charge in [0.1, 0.15) is 11.4 Å². The topological polar surface area (TPSA) is 79.7 Å². The third-order valence-corrected chi connectivity index (χ3v) is 4.21. The van der Waals surface area contributed by atoms with E-state index in [-0.39, 0.29) is 0 Å². The summed E-state index contributed by atoms with van der Waals surface area (Å²) in [7, 11) is 3.18. The minimum Gasteiger partial charge on any atom is -0.493 e. The van der Waals surface area contributed by atoms with E-state index in [1.54, 1.807) is 14.2 Å². The normalized spacial score (nSPS) is 13.7. The van der Waals surface area contributed by atoms with E-state index >= 15 is 0 Å². The summed E-state index contributed by atoms with van der Waals surface area (Å²) in [5.41, 5.74) is 5.55. The van der Waals surface area contributed by atoms with Gasteiger partial charge in [-0.2, -0.15) is 5.10 Å². The lowest BCUT2D eigenvalue weighted by molar-refractivity contribution is 0.320. The van der Waals surface area contributed by atoms with Crippen molar-refractivity contribution in [2.24, 2.45) is 5.16 Å². The predicted octanol–water partition coefficient (Wildman–Crippen LogP) is 3.30. The third kappa shape index (κ3) is 1.89. The van der Waals surface area contributed by atoms with E-state index in [2.05, 4.69) is 15.4 Å². The summed E-state index contributed by atoms with van der Waals surface area (Å²) >= 11 is 0. The molecule has 1 heterocycles. The van der Waals surface area contributed by atoms with Gasteiger partial charge in [0, 0.05) is 16.7 Å². The van der Waals surface area contributed by atoms with Crippen LogP contribution in [0.5, 0.6) is 11.5 Å². The van der Waals surface area contributed by atoms with Crippen LogP contribution in [0.25, 0.3) is 22.5 Å². The highest BCUT2D eigenvalue weighted by atomic mass is 16.5. The van der Waals surface area contributed by atoms with Crippen molar-refractivity contribution < 1.29 is 14.7 Å². The first-order valence-electron chi connectivity index (χ1n) is 7.41. The Balaban J connectivity index is 1.91. The summed E-state index contributed by atoms with van der Waals surface area (Å²) in [5, 5.41) is 20.5. The number of ether oxygens (including phenoxy) is 2. The monoisotopic (exact) mass is 321 g/mol. The SMILES string of the molecule is COc1ccc(-c2n[nH]c3c2C(=NO)c2ccccc2-3)cc1OC. The van der Waals surface area contributed by atoms with Crippen LogP contribution < -0.4 is 9.47 Å².